The molecule has 0 radical (unpaired) electrons. The predicted octanol–water partition coefficient (Wildman–Crippen LogP) is 2.31. The Hall–Kier alpha value is -0.120. The van der Waals surface area contributed by atoms with Crippen molar-refractivity contribution in [1.29, 1.82) is 0 Å². The summed E-state index contributed by atoms with van der Waals surface area (Å²) in [7, 11) is 0. The monoisotopic (exact) mass is 227 g/mol. The Labute approximate surface area is 98.9 Å². The van der Waals surface area contributed by atoms with E-state index in [-0.39, 0.29) is 0 Å². The van der Waals surface area contributed by atoms with E-state index < -0.39 is 5.79 Å². The second-order valence-corrected chi connectivity index (χ2v) is 6.12. The number of rotatable bonds is 3. The van der Waals surface area contributed by atoms with Gasteiger partial charge in [-0.25, -0.2) is 0 Å². The largest absolute Gasteiger partial charge is 0.349 e. The number of nitrogens with one attached hydrogen (secondary N) is 1. The third-order valence-corrected chi connectivity index (χ3v) is 3.89. The Bertz CT molecular complexity index is 224. The zero-order valence-electron chi connectivity index (χ0n) is 10.8. The highest BCUT2D eigenvalue weighted by atomic mass is 16.7. The highest BCUT2D eigenvalue weighted by Gasteiger charge is 2.32. The summed E-state index contributed by atoms with van der Waals surface area (Å²) < 4.78 is 11.3. The fourth-order valence-corrected chi connectivity index (χ4v) is 2.61. The van der Waals surface area contributed by atoms with Crippen LogP contribution in [0.4, 0.5) is 0 Å². The smallest absolute Gasteiger partial charge is 0.162 e. The van der Waals surface area contributed by atoms with Crippen molar-refractivity contribution in [2.45, 2.75) is 58.3 Å². The van der Waals surface area contributed by atoms with E-state index >= 15 is 0 Å². The zero-order valence-corrected chi connectivity index (χ0v) is 10.8. The highest BCUT2D eigenvalue weighted by molar-refractivity contribution is 4.84. The van der Waals surface area contributed by atoms with E-state index in [0.29, 0.717) is 11.5 Å². The third-order valence-electron chi connectivity index (χ3n) is 3.89. The first-order valence-electron chi connectivity index (χ1n) is 6.50. The van der Waals surface area contributed by atoms with Crippen LogP contribution in [0, 0.1) is 5.41 Å². The van der Waals surface area contributed by atoms with Crippen LogP contribution in [0.2, 0.25) is 0 Å². The molecule has 94 valence electrons. The van der Waals surface area contributed by atoms with Gasteiger partial charge in [0.1, 0.15) is 0 Å². The molecule has 2 rings (SSSR count). The number of ether oxygens (including phenoxy) is 2. The Morgan fingerprint density at radius 3 is 2.19 bits per heavy atom. The zero-order chi connectivity index (χ0) is 11.6. The van der Waals surface area contributed by atoms with Gasteiger partial charge in [-0.3, -0.25) is 0 Å². The number of hydrogen-bond acceptors (Lipinski definition) is 3. The van der Waals surface area contributed by atoms with Crippen molar-refractivity contribution in [3.63, 3.8) is 0 Å². The van der Waals surface area contributed by atoms with Gasteiger partial charge in [0.05, 0.1) is 19.3 Å². The first kappa shape index (κ1) is 12.3. The standard InChI is InChI=1S/C13H25NO2/c1-12(2)15-8-11(9-16-12)14-10-13(3)6-4-5-7-13/h11,14H,4-10H2,1-3H3. The first-order valence-corrected chi connectivity index (χ1v) is 6.50. The molecule has 0 amide bonds. The van der Waals surface area contributed by atoms with Gasteiger partial charge in [0.2, 0.25) is 0 Å². The Kier molecular flexibility index (Phi) is 3.57. The Morgan fingerprint density at radius 2 is 1.62 bits per heavy atom. The normalized spacial score (nSPS) is 29.4. The molecule has 2 aliphatic rings. The van der Waals surface area contributed by atoms with Crippen LogP contribution in [0.15, 0.2) is 0 Å². The van der Waals surface area contributed by atoms with Crippen molar-refractivity contribution in [3.8, 4) is 0 Å². The second-order valence-electron chi connectivity index (χ2n) is 6.12. The van der Waals surface area contributed by atoms with Gasteiger partial charge in [-0.05, 0) is 32.1 Å². The van der Waals surface area contributed by atoms with E-state index in [9.17, 15) is 0 Å². The summed E-state index contributed by atoms with van der Waals surface area (Å²) in [5.74, 6) is -0.393. The van der Waals surface area contributed by atoms with Crippen LogP contribution in [0.1, 0.15) is 46.5 Å². The second kappa shape index (κ2) is 4.63. The van der Waals surface area contributed by atoms with Crippen molar-refractivity contribution in [2.75, 3.05) is 19.8 Å². The molecule has 1 aliphatic carbocycles. The minimum atomic E-state index is -0.393. The van der Waals surface area contributed by atoms with Gasteiger partial charge in [-0.15, -0.1) is 0 Å². The lowest BCUT2D eigenvalue weighted by atomic mass is 9.88. The van der Waals surface area contributed by atoms with E-state index in [1.807, 2.05) is 13.8 Å². The van der Waals surface area contributed by atoms with Crippen LogP contribution < -0.4 is 5.32 Å². The highest BCUT2D eigenvalue weighted by Crippen LogP contribution is 2.36. The predicted molar refractivity (Wildman–Crippen MR) is 64.3 cm³/mol. The Balaban J connectivity index is 1.71. The summed E-state index contributed by atoms with van der Waals surface area (Å²) in [6.07, 6.45) is 5.51. The quantitative estimate of drug-likeness (QED) is 0.802. The van der Waals surface area contributed by atoms with Gasteiger partial charge in [-0.2, -0.15) is 0 Å². The molecule has 1 saturated heterocycles. The molecule has 0 aromatic carbocycles. The van der Waals surface area contributed by atoms with Gasteiger partial charge in [0.25, 0.3) is 0 Å². The summed E-state index contributed by atoms with van der Waals surface area (Å²) in [4.78, 5) is 0. The molecule has 0 unspecified atom stereocenters. The fraction of sp³-hybridized carbons (Fsp3) is 1.00. The molecule has 16 heavy (non-hydrogen) atoms. The van der Waals surface area contributed by atoms with E-state index in [4.69, 9.17) is 9.47 Å². The van der Waals surface area contributed by atoms with E-state index in [1.54, 1.807) is 0 Å². The van der Waals surface area contributed by atoms with E-state index in [2.05, 4.69) is 12.2 Å². The van der Waals surface area contributed by atoms with Crippen LogP contribution in [-0.2, 0) is 9.47 Å². The third kappa shape index (κ3) is 3.19. The molecule has 0 aromatic heterocycles. The summed E-state index contributed by atoms with van der Waals surface area (Å²) in [5, 5.41) is 3.59. The average molecular weight is 227 g/mol. The molecule has 1 heterocycles. The lowest BCUT2D eigenvalue weighted by molar-refractivity contribution is -0.253. The van der Waals surface area contributed by atoms with E-state index in [1.165, 1.54) is 25.7 Å². The van der Waals surface area contributed by atoms with Gasteiger partial charge < -0.3 is 14.8 Å². The Morgan fingerprint density at radius 1 is 1.06 bits per heavy atom. The van der Waals surface area contributed by atoms with Gasteiger partial charge in [0, 0.05) is 6.54 Å². The van der Waals surface area contributed by atoms with Gasteiger partial charge in [-0.1, -0.05) is 19.8 Å². The SMILES string of the molecule is CC1(CNC2COC(C)(C)OC2)CCCC1. The number of hydrogen-bond donors (Lipinski definition) is 1. The summed E-state index contributed by atoms with van der Waals surface area (Å²) in [6.45, 7) is 8.97. The lowest BCUT2D eigenvalue weighted by Gasteiger charge is -2.36. The molecule has 0 atom stereocenters. The maximum atomic E-state index is 5.64. The summed E-state index contributed by atoms with van der Waals surface area (Å²) in [5.41, 5.74) is 0.507. The fourth-order valence-electron chi connectivity index (χ4n) is 2.61. The topological polar surface area (TPSA) is 30.5 Å². The van der Waals surface area contributed by atoms with Crippen molar-refractivity contribution in [2.24, 2.45) is 5.41 Å². The van der Waals surface area contributed by atoms with E-state index in [0.717, 1.165) is 19.8 Å². The van der Waals surface area contributed by atoms with Crippen molar-refractivity contribution in [1.82, 2.24) is 5.32 Å². The van der Waals surface area contributed by atoms with Crippen molar-refractivity contribution >= 4 is 0 Å². The molecule has 0 aromatic rings. The van der Waals surface area contributed by atoms with Crippen LogP contribution in [0.25, 0.3) is 0 Å². The van der Waals surface area contributed by atoms with Crippen LogP contribution in [-0.4, -0.2) is 31.6 Å². The summed E-state index contributed by atoms with van der Waals surface area (Å²) >= 11 is 0. The molecule has 3 heteroatoms. The molecule has 0 bridgehead atoms. The van der Waals surface area contributed by atoms with Crippen LogP contribution >= 0.6 is 0 Å². The maximum absolute atomic E-state index is 5.64. The van der Waals surface area contributed by atoms with Crippen molar-refractivity contribution < 1.29 is 9.47 Å². The van der Waals surface area contributed by atoms with Crippen molar-refractivity contribution in [3.05, 3.63) is 0 Å². The van der Waals surface area contributed by atoms with Gasteiger partial charge >= 0.3 is 0 Å². The molecular formula is C13H25NO2. The van der Waals surface area contributed by atoms with Gasteiger partial charge in [0.15, 0.2) is 5.79 Å². The molecule has 3 nitrogen and oxygen atoms in total. The molecule has 2 fully saturated rings. The maximum Gasteiger partial charge on any atom is 0.162 e. The van der Waals surface area contributed by atoms with Crippen LogP contribution in [0.3, 0.4) is 0 Å². The molecule has 1 saturated carbocycles. The van der Waals surface area contributed by atoms with Crippen LogP contribution in [0.5, 0.6) is 0 Å². The molecule has 1 N–H and O–H groups in total. The minimum absolute atomic E-state index is 0.366. The lowest BCUT2D eigenvalue weighted by Crippen LogP contribution is -2.50. The molecule has 0 spiro atoms. The average Bonchev–Trinajstić information content (AvgIpc) is 2.64. The first-order chi connectivity index (χ1) is 7.49. The minimum Gasteiger partial charge on any atom is -0.349 e. The molecule has 1 aliphatic heterocycles. The summed E-state index contributed by atoms with van der Waals surface area (Å²) in [6, 6.07) is 0.366. The molecular weight excluding hydrogens is 202 g/mol.